The van der Waals surface area contributed by atoms with Gasteiger partial charge in [-0.1, -0.05) is 17.7 Å². The van der Waals surface area contributed by atoms with Crippen molar-refractivity contribution in [3.63, 3.8) is 0 Å². The molecule has 4 rings (SSSR count). The van der Waals surface area contributed by atoms with Gasteiger partial charge in [0.25, 0.3) is 0 Å². The van der Waals surface area contributed by atoms with Crippen molar-refractivity contribution in [2.24, 2.45) is 4.99 Å². The van der Waals surface area contributed by atoms with Gasteiger partial charge in [0, 0.05) is 6.07 Å². The second kappa shape index (κ2) is 5.15. The minimum Gasteiger partial charge on any atom is -0.454 e. The number of carbonyl (C=O) groups excluding carboxylic acids is 1. The predicted molar refractivity (Wildman–Crippen MR) is 82.5 cm³/mol. The molecule has 0 aliphatic carbocycles. The van der Waals surface area contributed by atoms with Crippen molar-refractivity contribution < 1.29 is 19.0 Å². The lowest BCUT2D eigenvalue weighted by atomic mass is 10.1. The molecule has 7 heteroatoms. The molecule has 2 aromatic rings. The maximum Gasteiger partial charge on any atom is 0.363 e. The van der Waals surface area contributed by atoms with Gasteiger partial charge in [-0.15, -0.1) is 11.3 Å². The van der Waals surface area contributed by atoms with Gasteiger partial charge in [0.2, 0.25) is 12.7 Å². The highest BCUT2D eigenvalue weighted by molar-refractivity contribution is 7.12. The van der Waals surface area contributed by atoms with Crippen LogP contribution in [0.3, 0.4) is 0 Å². The van der Waals surface area contributed by atoms with Crippen molar-refractivity contribution in [1.82, 2.24) is 0 Å². The molecule has 110 valence electrons. The van der Waals surface area contributed by atoms with E-state index in [2.05, 4.69) is 4.99 Å². The first-order valence-electron chi connectivity index (χ1n) is 6.36. The summed E-state index contributed by atoms with van der Waals surface area (Å²) in [6.07, 6.45) is 1.58. The van der Waals surface area contributed by atoms with Crippen LogP contribution in [0.1, 0.15) is 10.4 Å². The number of nitrogens with zero attached hydrogens (tertiary/aromatic N) is 1. The van der Waals surface area contributed by atoms with Crippen LogP contribution in [0.2, 0.25) is 5.02 Å². The summed E-state index contributed by atoms with van der Waals surface area (Å²) in [6, 6.07) is 7.07. The van der Waals surface area contributed by atoms with Crippen LogP contribution in [0.5, 0.6) is 11.5 Å². The van der Waals surface area contributed by atoms with E-state index in [0.717, 1.165) is 4.88 Å². The Morgan fingerprint density at radius 3 is 2.86 bits per heavy atom. The van der Waals surface area contributed by atoms with E-state index in [1.165, 1.54) is 11.3 Å². The second-order valence-corrected chi connectivity index (χ2v) is 5.90. The average molecular weight is 334 g/mol. The maximum atomic E-state index is 11.9. The standard InChI is InChI=1S/C15H8ClNO4S/c16-9-6-12-11(19-7-20-12)5-8(9)4-10-15(18)21-14(17-10)13-2-1-3-22-13/h1-6H,7H2. The SMILES string of the molecule is O=C1OC(c2cccs2)=NC1=Cc1cc2c(cc1Cl)OCO2. The zero-order valence-electron chi connectivity index (χ0n) is 11.0. The lowest BCUT2D eigenvalue weighted by molar-refractivity contribution is -0.129. The Hall–Kier alpha value is -2.31. The zero-order valence-corrected chi connectivity index (χ0v) is 12.6. The van der Waals surface area contributed by atoms with E-state index >= 15 is 0 Å². The molecule has 0 saturated heterocycles. The summed E-state index contributed by atoms with van der Waals surface area (Å²) in [7, 11) is 0. The number of aliphatic imine (C=N–C) groups is 1. The molecule has 0 amide bonds. The van der Waals surface area contributed by atoms with E-state index in [9.17, 15) is 4.79 Å². The second-order valence-electron chi connectivity index (χ2n) is 4.54. The van der Waals surface area contributed by atoms with Crippen LogP contribution >= 0.6 is 22.9 Å². The number of esters is 1. The van der Waals surface area contributed by atoms with Crippen molar-refractivity contribution >= 4 is 40.9 Å². The Balaban J connectivity index is 1.72. The molecule has 0 fully saturated rings. The van der Waals surface area contributed by atoms with Crippen LogP contribution in [0, 0.1) is 0 Å². The third-order valence-electron chi connectivity index (χ3n) is 3.14. The molecule has 5 nitrogen and oxygen atoms in total. The Kier molecular flexibility index (Phi) is 3.13. The molecule has 1 aromatic carbocycles. The quantitative estimate of drug-likeness (QED) is 0.623. The third-order valence-corrected chi connectivity index (χ3v) is 4.32. The molecule has 0 unspecified atom stereocenters. The summed E-state index contributed by atoms with van der Waals surface area (Å²) >= 11 is 7.64. The molecular formula is C15H8ClNO4S. The first kappa shape index (κ1) is 13.4. The molecule has 0 bridgehead atoms. The van der Waals surface area contributed by atoms with Gasteiger partial charge in [0.05, 0.1) is 9.90 Å². The highest BCUT2D eigenvalue weighted by atomic mass is 35.5. The van der Waals surface area contributed by atoms with Crippen LogP contribution in [-0.2, 0) is 9.53 Å². The van der Waals surface area contributed by atoms with Gasteiger partial charge < -0.3 is 14.2 Å². The topological polar surface area (TPSA) is 57.1 Å². The van der Waals surface area contributed by atoms with Crippen LogP contribution < -0.4 is 9.47 Å². The summed E-state index contributed by atoms with van der Waals surface area (Å²) in [5.41, 5.74) is 0.818. The van der Waals surface area contributed by atoms with E-state index in [0.29, 0.717) is 28.0 Å². The van der Waals surface area contributed by atoms with Gasteiger partial charge in [-0.05, 0) is 29.2 Å². The number of hydrogen-bond donors (Lipinski definition) is 0. The van der Waals surface area contributed by atoms with Gasteiger partial charge >= 0.3 is 5.97 Å². The smallest absolute Gasteiger partial charge is 0.363 e. The fraction of sp³-hybridized carbons (Fsp3) is 0.0667. The lowest BCUT2D eigenvalue weighted by Gasteiger charge is -2.01. The molecule has 22 heavy (non-hydrogen) atoms. The number of benzene rings is 1. The monoisotopic (exact) mass is 333 g/mol. The number of cyclic esters (lactones) is 1. The normalized spacial score (nSPS) is 17.8. The van der Waals surface area contributed by atoms with E-state index < -0.39 is 5.97 Å². The van der Waals surface area contributed by atoms with E-state index in [-0.39, 0.29) is 12.5 Å². The highest BCUT2D eigenvalue weighted by Crippen LogP contribution is 2.38. The van der Waals surface area contributed by atoms with Gasteiger partial charge in [-0.3, -0.25) is 0 Å². The molecule has 1 aromatic heterocycles. The number of ether oxygens (including phenoxy) is 3. The molecule has 0 N–H and O–H groups in total. The average Bonchev–Trinajstić information content (AvgIpc) is 3.21. The number of fused-ring (bicyclic) bond motifs is 1. The van der Waals surface area contributed by atoms with Crippen molar-refractivity contribution in [3.05, 3.63) is 50.8 Å². The largest absolute Gasteiger partial charge is 0.454 e. The molecular weight excluding hydrogens is 326 g/mol. The molecule has 2 aliphatic rings. The molecule has 3 heterocycles. The number of rotatable bonds is 2. The van der Waals surface area contributed by atoms with Crippen molar-refractivity contribution in [2.45, 2.75) is 0 Å². The minimum absolute atomic E-state index is 0.161. The van der Waals surface area contributed by atoms with Crippen molar-refractivity contribution in [2.75, 3.05) is 6.79 Å². The number of carbonyl (C=O) groups is 1. The van der Waals surface area contributed by atoms with Gasteiger partial charge in [0.15, 0.2) is 17.2 Å². The molecule has 0 radical (unpaired) electrons. The van der Waals surface area contributed by atoms with Crippen LogP contribution in [0.25, 0.3) is 6.08 Å². The fourth-order valence-electron chi connectivity index (χ4n) is 2.11. The number of halogens is 1. The highest BCUT2D eigenvalue weighted by Gasteiger charge is 2.25. The number of thiophene rings is 1. The third kappa shape index (κ3) is 2.26. The predicted octanol–water partition coefficient (Wildman–Crippen LogP) is 3.47. The molecule has 0 spiro atoms. The van der Waals surface area contributed by atoms with Crippen LogP contribution in [0.4, 0.5) is 0 Å². The van der Waals surface area contributed by atoms with Gasteiger partial charge in [0.1, 0.15) is 0 Å². The Labute approximate surface area is 134 Å². The summed E-state index contributed by atoms with van der Waals surface area (Å²) in [6.45, 7) is 0.161. The molecule has 2 aliphatic heterocycles. The maximum absolute atomic E-state index is 11.9. The summed E-state index contributed by atoms with van der Waals surface area (Å²) in [5, 5.41) is 2.34. The van der Waals surface area contributed by atoms with Crippen LogP contribution in [-0.4, -0.2) is 18.7 Å². The van der Waals surface area contributed by atoms with E-state index in [4.69, 9.17) is 25.8 Å². The molecule has 0 saturated carbocycles. The first-order chi connectivity index (χ1) is 10.7. The Bertz CT molecular complexity index is 826. The summed E-state index contributed by atoms with van der Waals surface area (Å²) in [4.78, 5) is 17.0. The molecule has 0 atom stereocenters. The van der Waals surface area contributed by atoms with Gasteiger partial charge in [-0.2, -0.15) is 0 Å². The van der Waals surface area contributed by atoms with Gasteiger partial charge in [-0.25, -0.2) is 9.79 Å². The first-order valence-corrected chi connectivity index (χ1v) is 7.62. The summed E-state index contributed by atoms with van der Waals surface area (Å²) < 4.78 is 15.7. The fourth-order valence-corrected chi connectivity index (χ4v) is 2.96. The summed E-state index contributed by atoms with van der Waals surface area (Å²) in [5.74, 6) is 0.981. The Morgan fingerprint density at radius 1 is 1.27 bits per heavy atom. The Morgan fingerprint density at radius 2 is 2.09 bits per heavy atom. The number of hydrogen-bond acceptors (Lipinski definition) is 6. The van der Waals surface area contributed by atoms with Crippen molar-refractivity contribution in [3.8, 4) is 11.5 Å². The zero-order chi connectivity index (χ0) is 15.1. The lowest BCUT2D eigenvalue weighted by Crippen LogP contribution is -2.03. The van der Waals surface area contributed by atoms with Crippen LogP contribution in [0.15, 0.2) is 40.3 Å². The van der Waals surface area contributed by atoms with E-state index in [1.807, 2.05) is 17.5 Å². The minimum atomic E-state index is -0.503. The van der Waals surface area contributed by atoms with E-state index in [1.54, 1.807) is 18.2 Å². The van der Waals surface area contributed by atoms with Crippen molar-refractivity contribution in [1.29, 1.82) is 0 Å².